The molecule has 2 rings (SSSR count). The van der Waals surface area contributed by atoms with Crippen LogP contribution in [0, 0.1) is 17.3 Å². The average Bonchev–Trinajstić information content (AvgIpc) is 2.86. The molecule has 0 bridgehead atoms. The summed E-state index contributed by atoms with van der Waals surface area (Å²) in [6.45, 7) is 7.06. The van der Waals surface area contributed by atoms with Gasteiger partial charge in [0.15, 0.2) is 0 Å². The van der Waals surface area contributed by atoms with E-state index in [4.69, 9.17) is 5.73 Å². The summed E-state index contributed by atoms with van der Waals surface area (Å²) in [6.07, 6.45) is 8.05. The van der Waals surface area contributed by atoms with E-state index < -0.39 is 0 Å². The van der Waals surface area contributed by atoms with E-state index in [0.717, 1.165) is 45.3 Å². The molecule has 1 saturated heterocycles. The summed E-state index contributed by atoms with van der Waals surface area (Å²) in [5.74, 6) is 1.57. The molecule has 1 saturated carbocycles. The second-order valence-electron chi connectivity index (χ2n) is 7.08. The maximum Gasteiger partial charge on any atom is 0.228 e. The van der Waals surface area contributed by atoms with Crippen LogP contribution in [0.2, 0.25) is 0 Å². The summed E-state index contributed by atoms with van der Waals surface area (Å²) < 4.78 is 0. The van der Waals surface area contributed by atoms with E-state index in [-0.39, 0.29) is 17.8 Å². The third kappa shape index (κ3) is 3.88. The first-order valence-corrected chi connectivity index (χ1v) is 8.07. The van der Waals surface area contributed by atoms with Gasteiger partial charge in [-0.15, -0.1) is 12.4 Å². The number of nitrogens with two attached hydrogens (primary N) is 1. The van der Waals surface area contributed by atoms with Gasteiger partial charge in [-0.3, -0.25) is 4.79 Å². The Balaban J connectivity index is 0.00000200. The van der Waals surface area contributed by atoms with Crippen molar-refractivity contribution in [2.24, 2.45) is 23.0 Å². The van der Waals surface area contributed by atoms with E-state index in [1.165, 1.54) is 19.3 Å². The Morgan fingerprint density at radius 3 is 2.50 bits per heavy atom. The van der Waals surface area contributed by atoms with Crippen molar-refractivity contribution < 1.29 is 4.79 Å². The summed E-state index contributed by atoms with van der Waals surface area (Å²) in [5, 5.41) is 0. The maximum atomic E-state index is 13.0. The van der Waals surface area contributed by atoms with Gasteiger partial charge in [0.05, 0.1) is 0 Å². The molecule has 0 spiro atoms. The Bertz CT molecular complexity index is 314. The van der Waals surface area contributed by atoms with E-state index in [1.54, 1.807) is 0 Å². The minimum atomic E-state index is -0.0370. The number of rotatable bonds is 4. The number of hydrogen-bond donors (Lipinski definition) is 1. The molecule has 3 nitrogen and oxygen atoms in total. The SMILES string of the molecule is CC(C)CC1(C(=O)N2CCCC(CN)C2)CCCC1.Cl. The minimum absolute atomic E-state index is 0. The molecule has 0 aromatic heterocycles. The molecule has 2 fully saturated rings. The van der Waals surface area contributed by atoms with Crippen molar-refractivity contribution in [3.63, 3.8) is 0 Å². The molecule has 1 aliphatic heterocycles. The van der Waals surface area contributed by atoms with Crippen LogP contribution in [0.5, 0.6) is 0 Å². The smallest absolute Gasteiger partial charge is 0.228 e. The monoisotopic (exact) mass is 302 g/mol. The zero-order valence-corrected chi connectivity index (χ0v) is 13.9. The van der Waals surface area contributed by atoms with Crippen LogP contribution in [0.25, 0.3) is 0 Å². The largest absolute Gasteiger partial charge is 0.342 e. The van der Waals surface area contributed by atoms with Crippen molar-refractivity contribution in [1.29, 1.82) is 0 Å². The highest BCUT2D eigenvalue weighted by molar-refractivity contribution is 5.85. The normalized spacial score (nSPS) is 25.6. The van der Waals surface area contributed by atoms with Gasteiger partial charge >= 0.3 is 0 Å². The molecule has 2 aliphatic rings. The van der Waals surface area contributed by atoms with Gasteiger partial charge in [0.2, 0.25) is 5.91 Å². The van der Waals surface area contributed by atoms with Crippen LogP contribution in [0.1, 0.15) is 58.8 Å². The van der Waals surface area contributed by atoms with E-state index >= 15 is 0 Å². The molecule has 1 unspecified atom stereocenters. The highest BCUT2D eigenvalue weighted by Gasteiger charge is 2.44. The standard InChI is InChI=1S/C16H30N2O.ClH/c1-13(2)10-16(7-3-4-8-16)15(19)18-9-5-6-14(11-17)12-18;/h13-14H,3-12,17H2,1-2H3;1H. The van der Waals surface area contributed by atoms with E-state index in [1.807, 2.05) is 0 Å². The lowest BCUT2D eigenvalue weighted by molar-refractivity contribution is -0.144. The first-order valence-electron chi connectivity index (χ1n) is 8.07. The van der Waals surface area contributed by atoms with Crippen molar-refractivity contribution in [3.8, 4) is 0 Å². The number of hydrogen-bond acceptors (Lipinski definition) is 2. The molecule has 1 heterocycles. The van der Waals surface area contributed by atoms with E-state index in [0.29, 0.717) is 17.7 Å². The number of likely N-dealkylation sites (tertiary alicyclic amines) is 1. The Labute approximate surface area is 130 Å². The van der Waals surface area contributed by atoms with E-state index in [2.05, 4.69) is 18.7 Å². The summed E-state index contributed by atoms with van der Waals surface area (Å²) in [4.78, 5) is 15.1. The highest BCUT2D eigenvalue weighted by Crippen LogP contribution is 2.45. The molecule has 1 atom stereocenters. The topological polar surface area (TPSA) is 46.3 Å². The van der Waals surface area contributed by atoms with Crippen molar-refractivity contribution in [2.45, 2.75) is 58.8 Å². The molecule has 0 radical (unpaired) electrons. The number of nitrogens with zero attached hydrogens (tertiary/aromatic N) is 1. The van der Waals surface area contributed by atoms with Gasteiger partial charge < -0.3 is 10.6 Å². The molecule has 0 aromatic carbocycles. The van der Waals surface area contributed by atoms with Gasteiger partial charge in [-0.1, -0.05) is 26.7 Å². The van der Waals surface area contributed by atoms with Gasteiger partial charge in [-0.25, -0.2) is 0 Å². The predicted molar refractivity (Wildman–Crippen MR) is 86.0 cm³/mol. The Morgan fingerprint density at radius 2 is 1.95 bits per heavy atom. The molecule has 20 heavy (non-hydrogen) atoms. The second-order valence-corrected chi connectivity index (χ2v) is 7.08. The van der Waals surface area contributed by atoms with Crippen molar-refractivity contribution in [3.05, 3.63) is 0 Å². The fourth-order valence-corrected chi connectivity index (χ4v) is 4.12. The van der Waals surface area contributed by atoms with Crippen LogP contribution in [-0.4, -0.2) is 30.4 Å². The molecule has 4 heteroatoms. The summed E-state index contributed by atoms with van der Waals surface area (Å²) in [7, 11) is 0. The van der Waals surface area contributed by atoms with Crippen molar-refractivity contribution >= 4 is 18.3 Å². The summed E-state index contributed by atoms with van der Waals surface area (Å²) in [6, 6.07) is 0. The molecule has 0 aromatic rings. The van der Waals surface area contributed by atoms with Crippen LogP contribution in [0.4, 0.5) is 0 Å². The number of carbonyl (C=O) groups is 1. The van der Waals surface area contributed by atoms with Crippen molar-refractivity contribution in [1.82, 2.24) is 4.90 Å². The molecule has 2 N–H and O–H groups in total. The summed E-state index contributed by atoms with van der Waals surface area (Å²) in [5.41, 5.74) is 5.76. The average molecular weight is 303 g/mol. The van der Waals surface area contributed by atoms with E-state index in [9.17, 15) is 4.79 Å². The van der Waals surface area contributed by atoms with Crippen LogP contribution in [0.15, 0.2) is 0 Å². The fraction of sp³-hybridized carbons (Fsp3) is 0.938. The Morgan fingerprint density at radius 1 is 1.30 bits per heavy atom. The number of halogens is 1. The second kappa shape index (κ2) is 7.65. The zero-order valence-electron chi connectivity index (χ0n) is 13.1. The predicted octanol–water partition coefficient (Wildman–Crippen LogP) is 3.21. The molecular formula is C16H31ClN2O. The molecular weight excluding hydrogens is 272 g/mol. The third-order valence-electron chi connectivity index (χ3n) is 4.95. The van der Waals surface area contributed by atoms with Crippen LogP contribution in [-0.2, 0) is 4.79 Å². The number of piperidine rings is 1. The molecule has 1 aliphatic carbocycles. The van der Waals surface area contributed by atoms with Gasteiger partial charge in [-0.2, -0.15) is 0 Å². The Hall–Kier alpha value is -0.280. The zero-order chi connectivity index (χ0) is 13.9. The quantitative estimate of drug-likeness (QED) is 0.867. The van der Waals surface area contributed by atoms with Gasteiger partial charge in [0.25, 0.3) is 0 Å². The van der Waals surface area contributed by atoms with Crippen LogP contribution >= 0.6 is 12.4 Å². The number of amides is 1. The molecule has 118 valence electrons. The van der Waals surface area contributed by atoms with Gasteiger partial charge in [-0.05, 0) is 50.5 Å². The Kier molecular flexibility index (Phi) is 6.80. The lowest BCUT2D eigenvalue weighted by Crippen LogP contribution is -2.48. The molecule has 1 amide bonds. The van der Waals surface area contributed by atoms with Crippen molar-refractivity contribution in [2.75, 3.05) is 19.6 Å². The van der Waals surface area contributed by atoms with Gasteiger partial charge in [0.1, 0.15) is 0 Å². The number of carbonyl (C=O) groups excluding carboxylic acids is 1. The first-order chi connectivity index (χ1) is 9.07. The first kappa shape index (κ1) is 17.8. The summed E-state index contributed by atoms with van der Waals surface area (Å²) >= 11 is 0. The third-order valence-corrected chi connectivity index (χ3v) is 4.95. The maximum absolute atomic E-state index is 13.0. The fourth-order valence-electron chi connectivity index (χ4n) is 4.12. The van der Waals surface area contributed by atoms with Crippen LogP contribution in [0.3, 0.4) is 0 Å². The minimum Gasteiger partial charge on any atom is -0.342 e. The van der Waals surface area contributed by atoms with Gasteiger partial charge in [0, 0.05) is 18.5 Å². The highest BCUT2D eigenvalue weighted by atomic mass is 35.5. The van der Waals surface area contributed by atoms with Crippen LogP contribution < -0.4 is 5.73 Å². The lowest BCUT2D eigenvalue weighted by Gasteiger charge is -2.39. The lowest BCUT2D eigenvalue weighted by atomic mass is 9.76.